The van der Waals surface area contributed by atoms with Crippen molar-refractivity contribution in [3.63, 3.8) is 0 Å². The highest BCUT2D eigenvalue weighted by Crippen LogP contribution is 2.33. The number of ether oxygens (including phenoxy) is 1. The fourth-order valence-electron chi connectivity index (χ4n) is 3.63. The summed E-state index contributed by atoms with van der Waals surface area (Å²) in [5.41, 5.74) is 2.12. The van der Waals surface area contributed by atoms with Crippen LogP contribution in [0.15, 0.2) is 48.5 Å². The summed E-state index contributed by atoms with van der Waals surface area (Å²) in [6.07, 6.45) is 0.469. The smallest absolute Gasteiger partial charge is 0.314 e. The van der Waals surface area contributed by atoms with Crippen LogP contribution in [0.2, 0.25) is 5.02 Å². The van der Waals surface area contributed by atoms with Gasteiger partial charge in [-0.05, 0) is 36.2 Å². The minimum absolute atomic E-state index is 0.137. The van der Waals surface area contributed by atoms with Crippen LogP contribution in [-0.2, 0) is 37.4 Å². The number of fused-ring (bicyclic) bond motifs is 1. The van der Waals surface area contributed by atoms with Crippen molar-refractivity contribution >= 4 is 39.1 Å². The van der Waals surface area contributed by atoms with E-state index < -0.39 is 21.7 Å². The molecule has 172 valence electrons. The van der Waals surface area contributed by atoms with Crippen LogP contribution in [0.5, 0.6) is 5.75 Å². The number of carbonyl (C=O) groups is 2. The molecule has 1 aromatic heterocycles. The first-order chi connectivity index (χ1) is 15.8. The number of para-hydroxylation sites is 1. The number of rotatable bonds is 6. The zero-order valence-corrected chi connectivity index (χ0v) is 19.2. The monoisotopic (exact) mass is 488 g/mol. The normalized spacial score (nSPS) is 13.9. The van der Waals surface area contributed by atoms with Crippen LogP contribution in [0.4, 0.5) is 5.82 Å². The average molecular weight is 489 g/mol. The van der Waals surface area contributed by atoms with Crippen molar-refractivity contribution in [3.05, 3.63) is 70.4 Å². The fourth-order valence-corrected chi connectivity index (χ4v) is 5.31. The van der Waals surface area contributed by atoms with Crippen molar-refractivity contribution in [2.24, 2.45) is 0 Å². The number of carbonyl (C=O) groups excluding carboxylic acids is 2. The highest BCUT2D eigenvalue weighted by atomic mass is 35.5. The fraction of sp³-hybridized carbons (Fsp3) is 0.227. The number of hydrogen-bond acceptors (Lipinski definition) is 6. The van der Waals surface area contributed by atoms with Crippen LogP contribution in [-0.4, -0.2) is 43.7 Å². The van der Waals surface area contributed by atoms with Gasteiger partial charge >= 0.3 is 11.8 Å². The van der Waals surface area contributed by atoms with Gasteiger partial charge in [0, 0.05) is 17.1 Å². The zero-order chi connectivity index (χ0) is 23.6. The molecule has 1 aliphatic rings. The van der Waals surface area contributed by atoms with E-state index in [-0.39, 0.29) is 23.9 Å². The molecule has 3 aromatic rings. The molecule has 2 aromatic carbocycles. The first-order valence-corrected chi connectivity index (χ1v) is 12.3. The largest absolute Gasteiger partial charge is 0.496 e. The van der Waals surface area contributed by atoms with Crippen molar-refractivity contribution in [1.29, 1.82) is 0 Å². The Bertz CT molecular complexity index is 1340. The quantitative estimate of drug-likeness (QED) is 0.514. The van der Waals surface area contributed by atoms with E-state index in [1.165, 1.54) is 4.68 Å². The Morgan fingerprint density at radius 2 is 1.91 bits per heavy atom. The minimum atomic E-state index is -3.36. The Morgan fingerprint density at radius 3 is 2.67 bits per heavy atom. The van der Waals surface area contributed by atoms with Crippen LogP contribution >= 0.6 is 11.6 Å². The van der Waals surface area contributed by atoms with E-state index in [1.807, 2.05) is 24.3 Å². The molecule has 0 saturated carbocycles. The molecule has 4 rings (SSSR count). The molecule has 1 aliphatic heterocycles. The van der Waals surface area contributed by atoms with Crippen LogP contribution in [0.1, 0.15) is 16.8 Å². The van der Waals surface area contributed by atoms with Crippen LogP contribution < -0.4 is 15.4 Å². The molecule has 11 heteroatoms. The van der Waals surface area contributed by atoms with E-state index in [4.69, 9.17) is 16.3 Å². The third-order valence-corrected chi connectivity index (χ3v) is 6.83. The molecular formula is C22H21ClN4O5S. The standard InChI is InChI=1S/C22H21ClN4O5S/c1-32-19-8-3-2-5-14(19)9-10-24-21(28)22(29)25-20-17-12-33(30,31)13-18(17)26-27(20)16-7-4-6-15(23)11-16/h2-8,11H,9-10,12-13H2,1H3,(H,24,28)(H,25,29). The SMILES string of the molecule is COc1ccccc1CCNC(=O)C(=O)Nc1c2c(nn1-c1cccc(Cl)c1)CS(=O)(=O)C2. The lowest BCUT2D eigenvalue weighted by atomic mass is 10.1. The molecule has 2 N–H and O–H groups in total. The molecular weight excluding hydrogens is 468 g/mol. The lowest BCUT2D eigenvalue weighted by molar-refractivity contribution is -0.136. The van der Waals surface area contributed by atoms with Gasteiger partial charge in [-0.15, -0.1) is 0 Å². The van der Waals surface area contributed by atoms with E-state index in [0.29, 0.717) is 34.1 Å². The van der Waals surface area contributed by atoms with Crippen molar-refractivity contribution < 1.29 is 22.7 Å². The van der Waals surface area contributed by atoms with Gasteiger partial charge in [-0.25, -0.2) is 13.1 Å². The third kappa shape index (κ3) is 5.01. The van der Waals surface area contributed by atoms with Gasteiger partial charge in [0.05, 0.1) is 30.0 Å². The average Bonchev–Trinajstić information content (AvgIpc) is 3.26. The summed E-state index contributed by atoms with van der Waals surface area (Å²) in [6.45, 7) is 0.215. The number of nitrogens with zero attached hydrogens (tertiary/aromatic N) is 2. The molecule has 0 bridgehead atoms. The summed E-state index contributed by atoms with van der Waals surface area (Å²) in [5, 5.41) is 9.90. The molecule has 0 atom stereocenters. The molecule has 0 unspecified atom stereocenters. The summed E-state index contributed by atoms with van der Waals surface area (Å²) in [5.74, 6) is -1.45. The van der Waals surface area contributed by atoms with Crippen LogP contribution in [0.25, 0.3) is 5.69 Å². The first-order valence-electron chi connectivity index (χ1n) is 10.1. The van der Waals surface area contributed by atoms with E-state index in [9.17, 15) is 18.0 Å². The lowest BCUT2D eigenvalue weighted by Crippen LogP contribution is -2.37. The van der Waals surface area contributed by atoms with Gasteiger partial charge < -0.3 is 15.4 Å². The van der Waals surface area contributed by atoms with Crippen LogP contribution in [0.3, 0.4) is 0 Å². The van der Waals surface area contributed by atoms with Crippen molar-refractivity contribution in [2.75, 3.05) is 19.0 Å². The second-order valence-corrected chi connectivity index (χ2v) is 9.97. The van der Waals surface area contributed by atoms with Gasteiger partial charge in [0.15, 0.2) is 9.84 Å². The second kappa shape index (κ2) is 9.24. The molecule has 9 nitrogen and oxygen atoms in total. The van der Waals surface area contributed by atoms with Gasteiger partial charge in [-0.1, -0.05) is 35.9 Å². The summed E-state index contributed by atoms with van der Waals surface area (Å²) < 4.78 is 30.8. The van der Waals surface area contributed by atoms with Gasteiger partial charge in [-0.2, -0.15) is 5.10 Å². The second-order valence-electron chi connectivity index (χ2n) is 7.47. The van der Waals surface area contributed by atoms with Gasteiger partial charge in [-0.3, -0.25) is 9.59 Å². The van der Waals surface area contributed by atoms with Gasteiger partial charge in [0.2, 0.25) is 0 Å². The minimum Gasteiger partial charge on any atom is -0.496 e. The number of nitrogens with one attached hydrogen (secondary N) is 2. The Kier molecular flexibility index (Phi) is 6.39. The molecule has 0 aliphatic carbocycles. The number of halogens is 1. The molecule has 2 heterocycles. The maximum atomic E-state index is 12.6. The maximum absolute atomic E-state index is 12.6. The maximum Gasteiger partial charge on any atom is 0.314 e. The Hall–Kier alpha value is -3.37. The topological polar surface area (TPSA) is 119 Å². The zero-order valence-electron chi connectivity index (χ0n) is 17.7. The summed E-state index contributed by atoms with van der Waals surface area (Å²) >= 11 is 6.07. The highest BCUT2D eigenvalue weighted by molar-refractivity contribution is 7.90. The number of methoxy groups -OCH3 is 1. The number of sulfone groups is 1. The van der Waals surface area contributed by atoms with Gasteiger partial charge in [0.1, 0.15) is 11.6 Å². The number of amides is 2. The Morgan fingerprint density at radius 1 is 1.12 bits per heavy atom. The molecule has 0 spiro atoms. The number of aromatic nitrogens is 2. The lowest BCUT2D eigenvalue weighted by Gasteiger charge is -2.12. The first kappa shape index (κ1) is 22.8. The summed E-state index contributed by atoms with van der Waals surface area (Å²) in [7, 11) is -1.80. The Labute approximate surface area is 195 Å². The third-order valence-electron chi connectivity index (χ3n) is 5.15. The van der Waals surface area contributed by atoms with Gasteiger partial charge in [0.25, 0.3) is 0 Å². The highest BCUT2D eigenvalue weighted by Gasteiger charge is 2.33. The van der Waals surface area contributed by atoms with Crippen LogP contribution in [0, 0.1) is 0 Å². The van der Waals surface area contributed by atoms with Crippen molar-refractivity contribution in [2.45, 2.75) is 17.9 Å². The van der Waals surface area contributed by atoms with E-state index in [0.717, 1.165) is 5.56 Å². The number of benzene rings is 2. The number of anilines is 1. The van der Waals surface area contributed by atoms with E-state index >= 15 is 0 Å². The molecule has 33 heavy (non-hydrogen) atoms. The summed E-state index contributed by atoms with van der Waals surface area (Å²) in [4.78, 5) is 25.0. The summed E-state index contributed by atoms with van der Waals surface area (Å²) in [6, 6.07) is 14.1. The predicted molar refractivity (Wildman–Crippen MR) is 123 cm³/mol. The Balaban J connectivity index is 1.50. The molecule has 2 amide bonds. The van der Waals surface area contributed by atoms with Crippen molar-refractivity contribution in [1.82, 2.24) is 15.1 Å². The predicted octanol–water partition coefficient (Wildman–Crippen LogP) is 2.26. The van der Waals surface area contributed by atoms with Crippen molar-refractivity contribution in [3.8, 4) is 11.4 Å². The molecule has 0 radical (unpaired) electrons. The molecule has 0 fully saturated rings. The van der Waals surface area contributed by atoms with E-state index in [1.54, 1.807) is 31.4 Å². The van der Waals surface area contributed by atoms with E-state index in [2.05, 4.69) is 15.7 Å². The molecule has 0 saturated heterocycles. The number of hydrogen-bond donors (Lipinski definition) is 2.